The number of para-hydroxylation sites is 2. The van der Waals surface area contributed by atoms with Crippen LogP contribution in [-0.2, 0) is 26.2 Å². The molecule has 3 aromatic carbocycles. The fourth-order valence-electron chi connectivity index (χ4n) is 4.82. The maximum absolute atomic E-state index is 13.8. The molecule has 3 aromatic rings. The molecular formula is C28H28BrN3O5S. The van der Waals surface area contributed by atoms with Gasteiger partial charge in [-0.15, -0.1) is 0 Å². The van der Waals surface area contributed by atoms with E-state index in [0.717, 1.165) is 10.0 Å². The van der Waals surface area contributed by atoms with Crippen LogP contribution in [0.5, 0.6) is 5.75 Å². The molecule has 0 saturated carbocycles. The number of piperidine rings is 1. The molecule has 2 amide bonds. The normalized spacial score (nSPS) is 19.8. The van der Waals surface area contributed by atoms with Gasteiger partial charge in [0.15, 0.2) is 6.10 Å². The SMILES string of the molecule is O=C(NCc1ccccc1)[C@@H]1CN(C(=O)[C@H]2CCCN(S(=O)(=O)c3ccc(Br)cc3)C2)c2ccccc2O1. The Bertz CT molecular complexity index is 1420. The Balaban J connectivity index is 1.32. The van der Waals surface area contributed by atoms with Gasteiger partial charge in [-0.25, -0.2) is 8.42 Å². The summed E-state index contributed by atoms with van der Waals surface area (Å²) in [4.78, 5) is 28.6. The van der Waals surface area contributed by atoms with Gasteiger partial charge in [0.2, 0.25) is 15.9 Å². The number of amides is 2. The van der Waals surface area contributed by atoms with Gasteiger partial charge in [-0.1, -0.05) is 58.4 Å². The van der Waals surface area contributed by atoms with Crippen molar-refractivity contribution in [1.29, 1.82) is 0 Å². The average Bonchev–Trinajstić information content (AvgIpc) is 2.95. The van der Waals surface area contributed by atoms with E-state index in [9.17, 15) is 18.0 Å². The number of carbonyl (C=O) groups excluding carboxylic acids is 2. The van der Waals surface area contributed by atoms with E-state index in [2.05, 4.69) is 21.2 Å². The van der Waals surface area contributed by atoms with Crippen molar-refractivity contribution in [3.63, 3.8) is 0 Å². The lowest BCUT2D eigenvalue weighted by molar-refractivity contribution is -0.129. The summed E-state index contributed by atoms with van der Waals surface area (Å²) in [7, 11) is -3.74. The lowest BCUT2D eigenvalue weighted by Crippen LogP contribution is -2.53. The van der Waals surface area contributed by atoms with Crippen LogP contribution in [0.25, 0.3) is 0 Å². The Morgan fingerprint density at radius 1 is 0.947 bits per heavy atom. The number of fused-ring (bicyclic) bond motifs is 1. The lowest BCUT2D eigenvalue weighted by Gasteiger charge is -2.38. The molecular weight excluding hydrogens is 570 g/mol. The van der Waals surface area contributed by atoms with E-state index in [1.165, 1.54) is 4.31 Å². The molecule has 0 unspecified atom stereocenters. The molecule has 0 aliphatic carbocycles. The molecule has 2 aliphatic heterocycles. The van der Waals surface area contributed by atoms with Crippen LogP contribution in [0.1, 0.15) is 18.4 Å². The highest BCUT2D eigenvalue weighted by Gasteiger charge is 2.39. The number of nitrogens with zero attached hydrogens (tertiary/aromatic N) is 2. The first-order chi connectivity index (χ1) is 18.3. The molecule has 8 nitrogen and oxygen atoms in total. The fraction of sp³-hybridized carbons (Fsp3) is 0.286. The standard InChI is InChI=1S/C28H28BrN3O5S/c29-22-12-14-23(15-13-22)38(35,36)31-16-6-9-21(18-31)28(34)32-19-26(37-25-11-5-4-10-24(25)32)27(33)30-17-20-7-2-1-3-8-20/h1-5,7-8,10-15,21,26H,6,9,16-19H2,(H,30,33)/t21-,26-/m0/s1. The van der Waals surface area contributed by atoms with Crippen LogP contribution in [0.15, 0.2) is 88.2 Å². The van der Waals surface area contributed by atoms with Crippen molar-refractivity contribution in [3.8, 4) is 5.75 Å². The summed E-state index contributed by atoms with van der Waals surface area (Å²) < 4.78 is 34.7. The molecule has 1 saturated heterocycles. The van der Waals surface area contributed by atoms with Gasteiger partial charge in [-0.2, -0.15) is 4.31 Å². The monoisotopic (exact) mass is 597 g/mol. The van der Waals surface area contributed by atoms with Gasteiger partial charge < -0.3 is 15.0 Å². The van der Waals surface area contributed by atoms with Crippen LogP contribution in [0.2, 0.25) is 0 Å². The minimum Gasteiger partial charge on any atom is -0.477 e. The third kappa shape index (κ3) is 5.62. The summed E-state index contributed by atoms with van der Waals surface area (Å²) in [5.41, 5.74) is 1.54. The van der Waals surface area contributed by atoms with Gasteiger partial charge in [-0.3, -0.25) is 9.59 Å². The molecule has 0 aromatic heterocycles. The summed E-state index contributed by atoms with van der Waals surface area (Å²) in [5, 5.41) is 2.89. The molecule has 0 bridgehead atoms. The predicted octanol–water partition coefficient (Wildman–Crippen LogP) is 3.96. The van der Waals surface area contributed by atoms with Crippen molar-refractivity contribution < 1.29 is 22.7 Å². The predicted molar refractivity (Wildman–Crippen MR) is 147 cm³/mol. The zero-order valence-electron chi connectivity index (χ0n) is 20.6. The molecule has 5 rings (SSSR count). The van der Waals surface area contributed by atoms with Crippen molar-refractivity contribution in [2.75, 3.05) is 24.5 Å². The highest BCUT2D eigenvalue weighted by Crippen LogP contribution is 2.35. The van der Waals surface area contributed by atoms with E-state index in [1.807, 2.05) is 36.4 Å². The summed E-state index contributed by atoms with van der Waals surface area (Å²) in [5.74, 6) is -0.614. The summed E-state index contributed by atoms with van der Waals surface area (Å²) in [6.07, 6.45) is 0.248. The third-order valence-electron chi connectivity index (χ3n) is 6.83. The molecule has 1 fully saturated rings. The number of carbonyl (C=O) groups is 2. The number of hydrogen-bond acceptors (Lipinski definition) is 5. The zero-order valence-corrected chi connectivity index (χ0v) is 23.0. The van der Waals surface area contributed by atoms with E-state index < -0.39 is 22.0 Å². The number of hydrogen-bond donors (Lipinski definition) is 1. The number of rotatable bonds is 6. The number of sulfonamides is 1. The fourth-order valence-corrected chi connectivity index (χ4v) is 6.60. The van der Waals surface area contributed by atoms with Crippen LogP contribution < -0.4 is 15.0 Å². The second-order valence-corrected chi connectivity index (χ2v) is 12.2. The summed E-state index contributed by atoms with van der Waals surface area (Å²) in [6, 6.07) is 23.2. The van der Waals surface area contributed by atoms with Crippen molar-refractivity contribution >= 4 is 43.5 Å². The summed E-state index contributed by atoms with van der Waals surface area (Å²) in [6.45, 7) is 0.834. The van der Waals surface area contributed by atoms with Gasteiger partial charge in [-0.05, 0) is 54.8 Å². The van der Waals surface area contributed by atoms with E-state index in [1.54, 1.807) is 47.4 Å². The Kier molecular flexibility index (Phi) is 7.83. The molecule has 2 heterocycles. The first-order valence-corrected chi connectivity index (χ1v) is 14.7. The van der Waals surface area contributed by atoms with Gasteiger partial charge in [0.1, 0.15) is 5.75 Å². The minimum absolute atomic E-state index is 0.0480. The Morgan fingerprint density at radius 3 is 2.42 bits per heavy atom. The lowest BCUT2D eigenvalue weighted by atomic mass is 9.97. The average molecular weight is 599 g/mol. The number of halogens is 1. The molecule has 198 valence electrons. The molecule has 38 heavy (non-hydrogen) atoms. The van der Waals surface area contributed by atoms with Crippen LogP contribution in [0, 0.1) is 5.92 Å². The number of anilines is 1. The van der Waals surface area contributed by atoms with Gasteiger partial charge >= 0.3 is 0 Å². The Morgan fingerprint density at radius 2 is 1.66 bits per heavy atom. The van der Waals surface area contributed by atoms with Crippen molar-refractivity contribution in [1.82, 2.24) is 9.62 Å². The second kappa shape index (κ2) is 11.3. The maximum Gasteiger partial charge on any atom is 0.263 e. The summed E-state index contributed by atoms with van der Waals surface area (Å²) >= 11 is 3.33. The van der Waals surface area contributed by atoms with E-state index in [0.29, 0.717) is 37.4 Å². The van der Waals surface area contributed by atoms with Crippen LogP contribution in [0.4, 0.5) is 5.69 Å². The third-order valence-corrected chi connectivity index (χ3v) is 9.23. The number of ether oxygens (including phenoxy) is 1. The molecule has 0 spiro atoms. The van der Waals surface area contributed by atoms with Crippen molar-refractivity contribution in [2.45, 2.75) is 30.4 Å². The van der Waals surface area contributed by atoms with Crippen LogP contribution in [0.3, 0.4) is 0 Å². The molecule has 2 atom stereocenters. The maximum atomic E-state index is 13.8. The van der Waals surface area contributed by atoms with E-state index in [-0.39, 0.29) is 29.8 Å². The van der Waals surface area contributed by atoms with Gasteiger partial charge in [0.25, 0.3) is 5.91 Å². The largest absolute Gasteiger partial charge is 0.477 e. The van der Waals surface area contributed by atoms with Crippen molar-refractivity contribution in [2.24, 2.45) is 5.92 Å². The molecule has 2 aliphatic rings. The first kappa shape index (κ1) is 26.4. The first-order valence-electron chi connectivity index (χ1n) is 12.5. The van der Waals surface area contributed by atoms with Crippen LogP contribution >= 0.6 is 15.9 Å². The van der Waals surface area contributed by atoms with Crippen LogP contribution in [-0.4, -0.2) is 50.3 Å². The molecule has 10 heteroatoms. The Hall–Kier alpha value is -3.21. The quantitative estimate of drug-likeness (QED) is 0.464. The smallest absolute Gasteiger partial charge is 0.263 e. The zero-order chi connectivity index (χ0) is 26.7. The number of nitrogens with one attached hydrogen (secondary N) is 1. The van der Waals surface area contributed by atoms with E-state index in [4.69, 9.17) is 4.74 Å². The van der Waals surface area contributed by atoms with Crippen molar-refractivity contribution in [3.05, 3.63) is 88.9 Å². The minimum atomic E-state index is -3.74. The molecule has 0 radical (unpaired) electrons. The highest BCUT2D eigenvalue weighted by molar-refractivity contribution is 9.10. The molecule has 1 N–H and O–H groups in total. The Labute approximate surface area is 230 Å². The second-order valence-electron chi connectivity index (χ2n) is 9.38. The van der Waals surface area contributed by atoms with Gasteiger partial charge in [0, 0.05) is 24.1 Å². The number of benzene rings is 3. The topological polar surface area (TPSA) is 96.0 Å². The highest BCUT2D eigenvalue weighted by atomic mass is 79.9. The van der Waals surface area contributed by atoms with Gasteiger partial charge in [0.05, 0.1) is 23.0 Å². The van der Waals surface area contributed by atoms with E-state index >= 15 is 0 Å².